The summed E-state index contributed by atoms with van der Waals surface area (Å²) in [6.07, 6.45) is 0.779. The average molecular weight is 554 g/mol. The van der Waals surface area contributed by atoms with Crippen LogP contribution in [0.5, 0.6) is 0 Å². The second-order valence-electron chi connectivity index (χ2n) is 8.30. The summed E-state index contributed by atoms with van der Waals surface area (Å²) >= 11 is 0.688. The number of thiophene rings is 1. The molecule has 2 aromatic carbocycles. The lowest BCUT2D eigenvalue weighted by atomic mass is 10.0. The maximum absolute atomic E-state index is 13.4. The molecular weight excluding hydrogens is 529 g/mol. The fourth-order valence-corrected chi connectivity index (χ4v) is 5.82. The molecule has 3 atom stereocenters. The standard InChI is InChI=1S/C26H26N4O4S3/c1-17(31)27-22(15-18-6-3-2-4-7-18)25(32)28-21(14-19-9-11-20(12-10-19)30-37(33)34)23-16-36-26(29-23)24-8-5-13-35-24/h2-13,16,21-22,30H,14-15H2,1H3,(H,27,31)(H,28,32)(H,33,34)/p-1/t21-,22+/m0/s1. The molecule has 0 spiro atoms. The van der Waals surface area contributed by atoms with E-state index in [-0.39, 0.29) is 11.8 Å². The quantitative estimate of drug-likeness (QED) is 0.240. The first-order chi connectivity index (χ1) is 17.9. The van der Waals surface area contributed by atoms with Gasteiger partial charge in [0.15, 0.2) is 0 Å². The van der Waals surface area contributed by atoms with E-state index in [2.05, 4.69) is 15.4 Å². The normalized spacial score (nSPS) is 13.4. The molecule has 2 aromatic heterocycles. The van der Waals surface area contributed by atoms with E-state index in [0.29, 0.717) is 24.2 Å². The number of nitrogens with zero attached hydrogens (tertiary/aromatic N) is 1. The fraction of sp³-hybridized carbons (Fsp3) is 0.192. The summed E-state index contributed by atoms with van der Waals surface area (Å²) in [5.74, 6) is -0.602. The number of rotatable bonds is 11. The van der Waals surface area contributed by atoms with Crippen molar-refractivity contribution in [2.75, 3.05) is 4.72 Å². The number of amides is 2. The van der Waals surface area contributed by atoms with Crippen molar-refractivity contribution in [2.24, 2.45) is 0 Å². The van der Waals surface area contributed by atoms with Gasteiger partial charge in [-0.15, -0.1) is 22.7 Å². The minimum Gasteiger partial charge on any atom is -0.755 e. The molecule has 37 heavy (non-hydrogen) atoms. The molecule has 0 saturated carbocycles. The number of hydrogen-bond donors (Lipinski definition) is 3. The molecule has 4 aromatic rings. The third-order valence-corrected chi connectivity index (χ3v) is 7.80. The highest BCUT2D eigenvalue weighted by Crippen LogP contribution is 2.31. The lowest BCUT2D eigenvalue weighted by molar-refractivity contribution is -0.128. The third kappa shape index (κ3) is 7.80. The molecule has 0 bridgehead atoms. The monoisotopic (exact) mass is 553 g/mol. The Morgan fingerprint density at radius 2 is 1.68 bits per heavy atom. The van der Waals surface area contributed by atoms with Crippen LogP contribution in [0.2, 0.25) is 0 Å². The molecule has 11 heteroatoms. The van der Waals surface area contributed by atoms with E-state index >= 15 is 0 Å². The van der Waals surface area contributed by atoms with Gasteiger partial charge in [-0.05, 0) is 41.1 Å². The molecule has 0 radical (unpaired) electrons. The van der Waals surface area contributed by atoms with Gasteiger partial charge < -0.3 is 19.9 Å². The van der Waals surface area contributed by atoms with Crippen molar-refractivity contribution in [3.63, 3.8) is 0 Å². The summed E-state index contributed by atoms with van der Waals surface area (Å²) in [7, 11) is 0. The van der Waals surface area contributed by atoms with Crippen molar-refractivity contribution in [1.82, 2.24) is 15.6 Å². The number of carbonyl (C=O) groups is 2. The van der Waals surface area contributed by atoms with E-state index in [1.807, 2.05) is 53.2 Å². The summed E-state index contributed by atoms with van der Waals surface area (Å²) in [5, 5.41) is 10.6. The van der Waals surface area contributed by atoms with Gasteiger partial charge in [0, 0.05) is 35.7 Å². The molecule has 4 rings (SSSR count). The first kappa shape index (κ1) is 26.7. The Morgan fingerprint density at radius 1 is 0.946 bits per heavy atom. The van der Waals surface area contributed by atoms with Crippen molar-refractivity contribution >= 4 is 51.4 Å². The third-order valence-electron chi connectivity index (χ3n) is 5.50. The fourth-order valence-electron chi connectivity index (χ4n) is 3.81. The van der Waals surface area contributed by atoms with Crippen LogP contribution in [0.1, 0.15) is 29.8 Å². The SMILES string of the molecule is CC(=O)N[C@H](Cc1ccccc1)C(=O)N[C@@H](Cc1ccc(NS(=O)[O-])cc1)c1csc(-c2cccs2)n1. The first-order valence-corrected chi connectivity index (χ1v) is 14.3. The molecule has 2 heterocycles. The average Bonchev–Trinajstić information content (AvgIpc) is 3.57. The van der Waals surface area contributed by atoms with Crippen LogP contribution in [-0.4, -0.2) is 31.6 Å². The zero-order chi connectivity index (χ0) is 26.2. The summed E-state index contributed by atoms with van der Waals surface area (Å²) in [6.45, 7) is 1.39. The van der Waals surface area contributed by atoms with Gasteiger partial charge in [-0.1, -0.05) is 48.5 Å². The number of hydrogen-bond acceptors (Lipinski definition) is 7. The van der Waals surface area contributed by atoms with Gasteiger partial charge in [-0.25, -0.2) is 4.98 Å². The number of carbonyl (C=O) groups excluding carboxylic acids is 2. The van der Waals surface area contributed by atoms with E-state index in [4.69, 9.17) is 4.98 Å². The van der Waals surface area contributed by atoms with Crippen LogP contribution in [0, 0.1) is 0 Å². The van der Waals surface area contributed by atoms with Crippen LogP contribution in [0.15, 0.2) is 77.5 Å². The van der Waals surface area contributed by atoms with E-state index in [1.54, 1.807) is 35.6 Å². The summed E-state index contributed by atoms with van der Waals surface area (Å²) < 4.78 is 24.1. The maximum atomic E-state index is 13.4. The molecule has 2 amide bonds. The smallest absolute Gasteiger partial charge is 0.243 e. The second-order valence-corrected chi connectivity index (χ2v) is 10.8. The number of nitrogens with one attached hydrogen (secondary N) is 3. The number of thiazole rings is 1. The van der Waals surface area contributed by atoms with Crippen LogP contribution in [-0.2, 0) is 33.7 Å². The zero-order valence-corrected chi connectivity index (χ0v) is 22.3. The van der Waals surface area contributed by atoms with Gasteiger partial charge in [-0.2, -0.15) is 0 Å². The van der Waals surface area contributed by atoms with Crippen molar-refractivity contribution < 1.29 is 18.4 Å². The predicted molar refractivity (Wildman–Crippen MR) is 147 cm³/mol. The molecule has 0 saturated heterocycles. The Hall–Kier alpha value is -3.38. The van der Waals surface area contributed by atoms with Gasteiger partial charge in [0.2, 0.25) is 11.8 Å². The van der Waals surface area contributed by atoms with E-state index in [9.17, 15) is 18.4 Å². The van der Waals surface area contributed by atoms with E-state index in [1.165, 1.54) is 18.3 Å². The van der Waals surface area contributed by atoms with Crippen molar-refractivity contribution in [2.45, 2.75) is 31.8 Å². The number of aromatic nitrogens is 1. The minimum atomic E-state index is -2.41. The summed E-state index contributed by atoms with van der Waals surface area (Å²) in [4.78, 5) is 31.2. The lowest BCUT2D eigenvalue weighted by Crippen LogP contribution is -2.48. The van der Waals surface area contributed by atoms with Gasteiger partial charge in [-0.3, -0.25) is 13.8 Å². The molecule has 0 aliphatic heterocycles. The molecular formula is C26H25N4O4S3-. The molecule has 0 aliphatic carbocycles. The Kier molecular flexibility index (Phi) is 9.18. The molecule has 1 unspecified atom stereocenters. The maximum Gasteiger partial charge on any atom is 0.243 e. The first-order valence-electron chi connectivity index (χ1n) is 11.4. The Morgan fingerprint density at radius 3 is 2.32 bits per heavy atom. The van der Waals surface area contributed by atoms with Crippen LogP contribution >= 0.6 is 22.7 Å². The van der Waals surface area contributed by atoms with Gasteiger partial charge >= 0.3 is 0 Å². The van der Waals surface area contributed by atoms with Crippen molar-refractivity contribution in [1.29, 1.82) is 0 Å². The van der Waals surface area contributed by atoms with Crippen LogP contribution in [0.3, 0.4) is 0 Å². The van der Waals surface area contributed by atoms with Crippen LogP contribution < -0.4 is 15.4 Å². The highest BCUT2D eigenvalue weighted by Gasteiger charge is 2.25. The second kappa shape index (κ2) is 12.7. The highest BCUT2D eigenvalue weighted by atomic mass is 32.2. The van der Waals surface area contributed by atoms with Crippen LogP contribution in [0.25, 0.3) is 9.88 Å². The molecule has 0 fully saturated rings. The van der Waals surface area contributed by atoms with E-state index < -0.39 is 23.4 Å². The summed E-state index contributed by atoms with van der Waals surface area (Å²) in [6, 6.07) is 19.2. The Labute approximate surface area is 225 Å². The highest BCUT2D eigenvalue weighted by molar-refractivity contribution is 7.80. The Balaban J connectivity index is 1.58. The summed E-state index contributed by atoms with van der Waals surface area (Å²) in [5.41, 5.74) is 2.98. The molecule has 0 aliphatic rings. The van der Waals surface area contributed by atoms with Crippen LogP contribution in [0.4, 0.5) is 5.69 Å². The van der Waals surface area contributed by atoms with Crippen molar-refractivity contribution in [3.05, 3.63) is 94.3 Å². The number of benzene rings is 2. The topological polar surface area (TPSA) is 123 Å². The van der Waals surface area contributed by atoms with Gasteiger partial charge in [0.1, 0.15) is 11.0 Å². The largest absolute Gasteiger partial charge is 0.755 e. The lowest BCUT2D eigenvalue weighted by Gasteiger charge is -2.23. The Bertz CT molecular complexity index is 1340. The number of anilines is 1. The molecule has 3 N–H and O–H groups in total. The van der Waals surface area contributed by atoms with Gasteiger partial charge in [0.25, 0.3) is 0 Å². The van der Waals surface area contributed by atoms with Gasteiger partial charge in [0.05, 0.1) is 16.6 Å². The minimum absolute atomic E-state index is 0.292. The molecule has 8 nitrogen and oxygen atoms in total. The predicted octanol–water partition coefficient (Wildman–Crippen LogP) is 4.23. The molecule has 192 valence electrons. The zero-order valence-electron chi connectivity index (χ0n) is 19.9. The van der Waals surface area contributed by atoms with E-state index in [0.717, 1.165) is 21.0 Å². The van der Waals surface area contributed by atoms with Crippen molar-refractivity contribution in [3.8, 4) is 9.88 Å².